The van der Waals surface area contributed by atoms with Crippen molar-refractivity contribution >= 4 is 5.97 Å². The Labute approximate surface area is 133 Å². The minimum atomic E-state index is -1.38. The van der Waals surface area contributed by atoms with Gasteiger partial charge in [0.15, 0.2) is 6.10 Å². The number of esters is 1. The van der Waals surface area contributed by atoms with Gasteiger partial charge in [0.1, 0.15) is 18.2 Å². The van der Waals surface area contributed by atoms with E-state index in [1.165, 1.54) is 19.2 Å². The maximum Gasteiger partial charge on any atom is 0.339 e. The number of aliphatic hydroxyl groups excluding tert-OH is 1. The summed E-state index contributed by atoms with van der Waals surface area (Å²) in [6, 6.07) is 11.7. The highest BCUT2D eigenvalue weighted by Crippen LogP contribution is 2.21. The molecular formula is C17H18FNO4. The molecule has 0 amide bonds. The Balaban J connectivity index is 1.97. The zero-order valence-electron chi connectivity index (χ0n) is 12.6. The van der Waals surface area contributed by atoms with Crippen LogP contribution in [-0.4, -0.2) is 24.8 Å². The van der Waals surface area contributed by atoms with Crippen LogP contribution in [0.25, 0.3) is 0 Å². The predicted molar refractivity (Wildman–Crippen MR) is 82.2 cm³/mol. The van der Waals surface area contributed by atoms with Gasteiger partial charge in [-0.05, 0) is 23.3 Å². The zero-order valence-corrected chi connectivity index (χ0v) is 12.6. The van der Waals surface area contributed by atoms with E-state index in [9.17, 15) is 14.3 Å². The van der Waals surface area contributed by atoms with E-state index in [0.717, 1.165) is 0 Å². The second-order valence-electron chi connectivity index (χ2n) is 4.97. The third-order valence-electron chi connectivity index (χ3n) is 3.30. The summed E-state index contributed by atoms with van der Waals surface area (Å²) in [5.41, 5.74) is 6.76. The van der Waals surface area contributed by atoms with Crippen LogP contribution in [0.1, 0.15) is 23.3 Å². The lowest BCUT2D eigenvalue weighted by atomic mass is 10.1. The van der Waals surface area contributed by atoms with Crippen molar-refractivity contribution in [3.05, 3.63) is 65.5 Å². The molecule has 0 spiro atoms. The van der Waals surface area contributed by atoms with Gasteiger partial charge in [-0.1, -0.05) is 30.3 Å². The Morgan fingerprint density at radius 3 is 2.57 bits per heavy atom. The van der Waals surface area contributed by atoms with E-state index in [2.05, 4.69) is 0 Å². The molecule has 0 saturated heterocycles. The van der Waals surface area contributed by atoms with E-state index in [0.29, 0.717) is 16.9 Å². The Morgan fingerprint density at radius 1 is 1.22 bits per heavy atom. The monoisotopic (exact) mass is 319 g/mol. The average molecular weight is 319 g/mol. The van der Waals surface area contributed by atoms with Crippen molar-refractivity contribution in [2.75, 3.05) is 13.7 Å². The van der Waals surface area contributed by atoms with Crippen molar-refractivity contribution < 1.29 is 23.8 Å². The molecule has 0 aliphatic heterocycles. The number of carbonyl (C=O) groups excluding carboxylic acids is 1. The lowest BCUT2D eigenvalue weighted by Crippen LogP contribution is -2.23. The SMILES string of the molecule is COc1cc(F)cc([C@H](N)COC(=O)[C@@H](O)c2ccccc2)c1. The molecule has 0 bridgehead atoms. The molecule has 2 rings (SSSR count). The third kappa shape index (κ3) is 4.51. The molecule has 0 heterocycles. The van der Waals surface area contributed by atoms with Gasteiger partial charge in [0.25, 0.3) is 0 Å². The molecule has 122 valence electrons. The summed E-state index contributed by atoms with van der Waals surface area (Å²) < 4.78 is 23.4. The number of halogens is 1. The first kappa shape index (κ1) is 16.9. The van der Waals surface area contributed by atoms with Crippen molar-refractivity contribution in [3.63, 3.8) is 0 Å². The number of hydrogen-bond donors (Lipinski definition) is 2. The van der Waals surface area contributed by atoms with Crippen LogP contribution in [0, 0.1) is 5.82 Å². The molecule has 0 saturated carbocycles. The molecule has 2 atom stereocenters. The van der Waals surface area contributed by atoms with E-state index in [-0.39, 0.29) is 6.61 Å². The average Bonchev–Trinajstić information content (AvgIpc) is 2.58. The summed E-state index contributed by atoms with van der Waals surface area (Å²) >= 11 is 0. The molecule has 2 aromatic carbocycles. The lowest BCUT2D eigenvalue weighted by molar-refractivity contribution is -0.154. The predicted octanol–water partition coefficient (Wildman–Crippen LogP) is 2.11. The standard InChI is InChI=1S/C17H18FNO4/c1-22-14-8-12(7-13(18)9-14)15(19)10-23-17(21)16(20)11-5-3-2-4-6-11/h2-9,15-16,20H,10,19H2,1H3/t15-,16+/m1/s1. The van der Waals surface area contributed by atoms with Crippen LogP contribution in [0.15, 0.2) is 48.5 Å². The zero-order chi connectivity index (χ0) is 16.8. The molecule has 0 aliphatic rings. The summed E-state index contributed by atoms with van der Waals surface area (Å²) in [5, 5.41) is 9.90. The molecule has 2 aromatic rings. The molecule has 6 heteroatoms. The Hall–Kier alpha value is -2.44. The molecule has 0 aromatic heterocycles. The van der Waals surface area contributed by atoms with Gasteiger partial charge < -0.3 is 20.3 Å². The lowest BCUT2D eigenvalue weighted by Gasteiger charge is -2.16. The molecule has 0 unspecified atom stereocenters. The van der Waals surface area contributed by atoms with Crippen LogP contribution in [0.4, 0.5) is 4.39 Å². The molecule has 0 fully saturated rings. The van der Waals surface area contributed by atoms with Crippen molar-refractivity contribution in [3.8, 4) is 5.75 Å². The summed E-state index contributed by atoms with van der Waals surface area (Å²) in [7, 11) is 1.42. The van der Waals surface area contributed by atoms with E-state index < -0.39 is 23.9 Å². The van der Waals surface area contributed by atoms with Crippen LogP contribution in [0.5, 0.6) is 5.75 Å². The van der Waals surface area contributed by atoms with Crippen molar-refractivity contribution in [1.29, 1.82) is 0 Å². The van der Waals surface area contributed by atoms with Gasteiger partial charge in [-0.15, -0.1) is 0 Å². The fourth-order valence-corrected chi connectivity index (χ4v) is 2.03. The van der Waals surface area contributed by atoms with Gasteiger partial charge in [-0.2, -0.15) is 0 Å². The summed E-state index contributed by atoms with van der Waals surface area (Å²) in [4.78, 5) is 11.8. The van der Waals surface area contributed by atoms with Gasteiger partial charge >= 0.3 is 5.97 Å². The Kier molecular flexibility index (Phi) is 5.67. The van der Waals surface area contributed by atoms with Gasteiger partial charge in [-0.25, -0.2) is 9.18 Å². The highest BCUT2D eigenvalue weighted by atomic mass is 19.1. The fraction of sp³-hybridized carbons (Fsp3) is 0.235. The number of hydrogen-bond acceptors (Lipinski definition) is 5. The molecule has 23 heavy (non-hydrogen) atoms. The van der Waals surface area contributed by atoms with Gasteiger partial charge in [0.05, 0.1) is 13.2 Å². The minimum Gasteiger partial charge on any atom is -0.497 e. The summed E-state index contributed by atoms with van der Waals surface area (Å²) in [6.45, 7) is -0.185. The second-order valence-corrected chi connectivity index (χ2v) is 4.97. The smallest absolute Gasteiger partial charge is 0.339 e. The van der Waals surface area contributed by atoms with E-state index in [4.69, 9.17) is 15.2 Å². The highest BCUT2D eigenvalue weighted by Gasteiger charge is 2.20. The normalized spacial score (nSPS) is 13.2. The Bertz CT molecular complexity index is 663. The molecule has 5 nitrogen and oxygen atoms in total. The molecule has 0 aliphatic carbocycles. The first-order valence-corrected chi connectivity index (χ1v) is 7.01. The maximum absolute atomic E-state index is 13.4. The molecular weight excluding hydrogens is 301 g/mol. The second kappa shape index (κ2) is 7.71. The van der Waals surface area contributed by atoms with Gasteiger partial charge in [-0.3, -0.25) is 0 Å². The molecule has 3 N–H and O–H groups in total. The minimum absolute atomic E-state index is 0.185. The van der Waals surface area contributed by atoms with E-state index >= 15 is 0 Å². The number of aliphatic hydroxyl groups is 1. The van der Waals surface area contributed by atoms with Crippen LogP contribution in [0.2, 0.25) is 0 Å². The topological polar surface area (TPSA) is 81.8 Å². The number of ether oxygens (including phenoxy) is 2. The van der Waals surface area contributed by atoms with E-state index in [1.54, 1.807) is 36.4 Å². The first-order valence-electron chi connectivity index (χ1n) is 7.01. The maximum atomic E-state index is 13.4. The number of benzene rings is 2. The van der Waals surface area contributed by atoms with Crippen LogP contribution < -0.4 is 10.5 Å². The van der Waals surface area contributed by atoms with Crippen LogP contribution >= 0.6 is 0 Å². The van der Waals surface area contributed by atoms with Gasteiger partial charge in [0.2, 0.25) is 0 Å². The quantitative estimate of drug-likeness (QED) is 0.797. The van der Waals surface area contributed by atoms with Crippen molar-refractivity contribution in [2.45, 2.75) is 12.1 Å². The highest BCUT2D eigenvalue weighted by molar-refractivity contribution is 5.76. The molecule has 0 radical (unpaired) electrons. The third-order valence-corrected chi connectivity index (χ3v) is 3.30. The van der Waals surface area contributed by atoms with Crippen LogP contribution in [0.3, 0.4) is 0 Å². The summed E-state index contributed by atoms with van der Waals surface area (Å²) in [6.07, 6.45) is -1.38. The first-order chi connectivity index (χ1) is 11.0. The van der Waals surface area contributed by atoms with Crippen molar-refractivity contribution in [2.24, 2.45) is 5.73 Å². The number of rotatable bonds is 6. The van der Waals surface area contributed by atoms with Crippen LogP contribution in [-0.2, 0) is 9.53 Å². The summed E-state index contributed by atoms with van der Waals surface area (Å²) in [5.74, 6) is -0.980. The number of methoxy groups -OCH3 is 1. The fourth-order valence-electron chi connectivity index (χ4n) is 2.03. The van der Waals surface area contributed by atoms with Gasteiger partial charge in [0, 0.05) is 6.07 Å². The van der Waals surface area contributed by atoms with Crippen molar-refractivity contribution in [1.82, 2.24) is 0 Å². The van der Waals surface area contributed by atoms with E-state index in [1.807, 2.05) is 0 Å². The number of carbonyl (C=O) groups is 1. The Morgan fingerprint density at radius 2 is 1.91 bits per heavy atom. The number of nitrogens with two attached hydrogens (primary N) is 1. The largest absolute Gasteiger partial charge is 0.497 e.